The zero-order valence-corrected chi connectivity index (χ0v) is 15.0. The summed E-state index contributed by atoms with van der Waals surface area (Å²) in [6.45, 7) is 0.265. The van der Waals surface area contributed by atoms with E-state index < -0.39 is 17.6 Å². The Morgan fingerprint density at radius 3 is 2.61 bits per heavy atom. The van der Waals surface area contributed by atoms with Crippen molar-refractivity contribution in [2.75, 3.05) is 13.7 Å². The molecule has 0 spiro atoms. The highest BCUT2D eigenvalue weighted by Gasteiger charge is 2.16. The van der Waals surface area contributed by atoms with E-state index in [1.54, 1.807) is 30.3 Å². The summed E-state index contributed by atoms with van der Waals surface area (Å²) in [5.41, 5.74) is 4.84. The first kappa shape index (κ1) is 19.2. The van der Waals surface area contributed by atoms with Gasteiger partial charge in [0.15, 0.2) is 0 Å². The highest BCUT2D eigenvalue weighted by Crippen LogP contribution is 2.22. The highest BCUT2D eigenvalue weighted by atomic mass is 19.1. The predicted molar refractivity (Wildman–Crippen MR) is 102 cm³/mol. The number of benzene rings is 2. The number of methoxy groups -OCH3 is 1. The van der Waals surface area contributed by atoms with Gasteiger partial charge in [-0.05, 0) is 48.0 Å². The molecule has 2 N–H and O–H groups in total. The molecule has 2 aromatic rings. The first-order valence-electron chi connectivity index (χ1n) is 8.42. The molecule has 1 aliphatic heterocycles. The van der Waals surface area contributed by atoms with Crippen LogP contribution in [0.3, 0.4) is 0 Å². The Balaban J connectivity index is 1.77. The Morgan fingerprint density at radius 1 is 1.21 bits per heavy atom. The molecule has 0 aliphatic carbocycles. The standard InChI is InChI=1S/C21H18F2N2O3/c1-28-18-8-5-15(6-9-18)20-11-16(21(26)27)13-25(24-20)10-2-3-14-4-7-17(22)12-19(14)23/h2-9,11-13,24H,10H2,1H3,(H,26,27). The maximum Gasteiger partial charge on any atom is 0.337 e. The lowest BCUT2D eigenvalue weighted by molar-refractivity contribution is -0.132. The van der Waals surface area contributed by atoms with Crippen LogP contribution in [-0.2, 0) is 4.79 Å². The Kier molecular flexibility index (Phi) is 5.74. The van der Waals surface area contributed by atoms with E-state index >= 15 is 0 Å². The first-order valence-corrected chi connectivity index (χ1v) is 8.42. The number of nitrogens with one attached hydrogen (secondary N) is 1. The molecule has 144 valence electrons. The number of hydrazine groups is 1. The van der Waals surface area contributed by atoms with E-state index in [0.717, 1.165) is 11.6 Å². The molecular formula is C21H18F2N2O3. The summed E-state index contributed by atoms with van der Waals surface area (Å²) in [6.07, 6.45) is 6.14. The van der Waals surface area contributed by atoms with Crippen LogP contribution < -0.4 is 10.2 Å². The summed E-state index contributed by atoms with van der Waals surface area (Å²) in [4.78, 5) is 11.5. The molecule has 28 heavy (non-hydrogen) atoms. The molecule has 7 heteroatoms. The molecule has 2 aromatic carbocycles. The molecule has 0 aromatic heterocycles. The van der Waals surface area contributed by atoms with Crippen LogP contribution >= 0.6 is 0 Å². The molecule has 0 saturated carbocycles. The fourth-order valence-electron chi connectivity index (χ4n) is 2.64. The average molecular weight is 384 g/mol. The Bertz CT molecular complexity index is 966. The molecule has 1 aliphatic rings. The van der Waals surface area contributed by atoms with Crippen LogP contribution in [0.5, 0.6) is 5.75 Å². The van der Waals surface area contributed by atoms with Gasteiger partial charge >= 0.3 is 5.97 Å². The number of nitrogens with zero attached hydrogens (tertiary/aromatic N) is 1. The van der Waals surface area contributed by atoms with Crippen molar-refractivity contribution in [2.24, 2.45) is 0 Å². The van der Waals surface area contributed by atoms with Crippen LogP contribution in [0.2, 0.25) is 0 Å². The van der Waals surface area contributed by atoms with E-state index in [1.165, 1.54) is 30.5 Å². The van der Waals surface area contributed by atoms with Crippen LogP contribution in [-0.4, -0.2) is 29.7 Å². The lowest BCUT2D eigenvalue weighted by Crippen LogP contribution is -2.35. The third kappa shape index (κ3) is 4.56. The summed E-state index contributed by atoms with van der Waals surface area (Å²) < 4.78 is 31.8. The van der Waals surface area contributed by atoms with E-state index in [4.69, 9.17) is 4.74 Å². The van der Waals surface area contributed by atoms with Crippen molar-refractivity contribution in [3.05, 3.63) is 89.2 Å². The normalized spacial score (nSPS) is 13.8. The SMILES string of the molecule is COc1ccc(C2=CC(C(=O)O)=CN(CC=Cc3ccc(F)cc3F)N2)cc1. The number of carbonyl (C=O) groups is 1. The minimum absolute atomic E-state index is 0.103. The van der Waals surface area contributed by atoms with E-state index in [0.29, 0.717) is 11.4 Å². The fraction of sp³-hybridized carbons (Fsp3) is 0.0952. The molecule has 3 rings (SSSR count). The monoisotopic (exact) mass is 384 g/mol. The van der Waals surface area contributed by atoms with Crippen molar-refractivity contribution in [3.63, 3.8) is 0 Å². The van der Waals surface area contributed by atoms with Gasteiger partial charge in [0, 0.05) is 17.8 Å². The van der Waals surface area contributed by atoms with E-state index in [-0.39, 0.29) is 17.7 Å². The average Bonchev–Trinajstić information content (AvgIpc) is 2.69. The minimum atomic E-state index is -1.06. The zero-order chi connectivity index (χ0) is 20.1. The minimum Gasteiger partial charge on any atom is -0.497 e. The summed E-state index contributed by atoms with van der Waals surface area (Å²) in [5, 5.41) is 10.9. The fourth-order valence-corrected chi connectivity index (χ4v) is 2.64. The maximum absolute atomic E-state index is 13.7. The smallest absolute Gasteiger partial charge is 0.337 e. The quantitative estimate of drug-likeness (QED) is 0.793. The third-order valence-electron chi connectivity index (χ3n) is 4.07. The first-order chi connectivity index (χ1) is 13.5. The van der Waals surface area contributed by atoms with Crippen LogP contribution in [0.25, 0.3) is 11.8 Å². The highest BCUT2D eigenvalue weighted by molar-refractivity contribution is 5.93. The molecule has 5 nitrogen and oxygen atoms in total. The molecule has 0 amide bonds. The molecule has 0 unspecified atom stereocenters. The summed E-state index contributed by atoms with van der Waals surface area (Å²) in [6, 6.07) is 10.5. The van der Waals surface area contributed by atoms with Gasteiger partial charge in [0.05, 0.1) is 24.9 Å². The van der Waals surface area contributed by atoms with Crippen LogP contribution in [0, 0.1) is 11.6 Å². The van der Waals surface area contributed by atoms with Gasteiger partial charge in [0.25, 0.3) is 0 Å². The van der Waals surface area contributed by atoms with Crippen molar-refractivity contribution in [1.29, 1.82) is 0 Å². The third-order valence-corrected chi connectivity index (χ3v) is 4.07. The van der Waals surface area contributed by atoms with Gasteiger partial charge < -0.3 is 9.84 Å². The number of halogens is 2. The molecular weight excluding hydrogens is 366 g/mol. The number of rotatable bonds is 6. The van der Waals surface area contributed by atoms with Crippen LogP contribution in [0.15, 0.2) is 66.4 Å². The van der Waals surface area contributed by atoms with E-state index in [2.05, 4.69) is 5.43 Å². The maximum atomic E-state index is 13.7. The van der Waals surface area contributed by atoms with Crippen LogP contribution in [0.1, 0.15) is 11.1 Å². The number of aliphatic carboxylic acids is 1. The molecule has 1 heterocycles. The Labute approximate surface area is 160 Å². The molecule has 0 atom stereocenters. The van der Waals surface area contributed by atoms with Gasteiger partial charge in [0.1, 0.15) is 17.4 Å². The summed E-state index contributed by atoms with van der Waals surface area (Å²) in [7, 11) is 1.57. The molecule has 0 fully saturated rings. The summed E-state index contributed by atoms with van der Waals surface area (Å²) in [5.74, 6) is -1.68. The second-order valence-electron chi connectivity index (χ2n) is 6.01. The van der Waals surface area contributed by atoms with E-state index in [9.17, 15) is 18.7 Å². The van der Waals surface area contributed by atoms with Crippen molar-refractivity contribution in [3.8, 4) is 5.75 Å². The van der Waals surface area contributed by atoms with Gasteiger partial charge in [-0.1, -0.05) is 12.2 Å². The van der Waals surface area contributed by atoms with Gasteiger partial charge in [-0.3, -0.25) is 10.4 Å². The van der Waals surface area contributed by atoms with Gasteiger partial charge in [-0.15, -0.1) is 0 Å². The van der Waals surface area contributed by atoms with Crippen molar-refractivity contribution < 1.29 is 23.4 Å². The molecule has 0 radical (unpaired) electrons. The molecule has 0 bridgehead atoms. The second-order valence-corrected chi connectivity index (χ2v) is 6.01. The Morgan fingerprint density at radius 2 is 1.96 bits per heavy atom. The van der Waals surface area contributed by atoms with Crippen molar-refractivity contribution in [1.82, 2.24) is 10.4 Å². The van der Waals surface area contributed by atoms with Gasteiger partial charge in [-0.25, -0.2) is 13.6 Å². The number of carboxylic acids is 1. The van der Waals surface area contributed by atoms with Gasteiger partial charge in [-0.2, -0.15) is 0 Å². The zero-order valence-electron chi connectivity index (χ0n) is 15.0. The lowest BCUT2D eigenvalue weighted by atomic mass is 10.1. The van der Waals surface area contributed by atoms with Crippen molar-refractivity contribution in [2.45, 2.75) is 0 Å². The Hall–Kier alpha value is -3.61. The predicted octanol–water partition coefficient (Wildman–Crippen LogP) is 3.82. The van der Waals surface area contributed by atoms with Gasteiger partial charge in [0.2, 0.25) is 0 Å². The summed E-state index contributed by atoms with van der Waals surface area (Å²) >= 11 is 0. The second kappa shape index (κ2) is 8.39. The topological polar surface area (TPSA) is 61.8 Å². The van der Waals surface area contributed by atoms with E-state index in [1.807, 2.05) is 12.1 Å². The molecule has 0 saturated heterocycles. The van der Waals surface area contributed by atoms with Crippen molar-refractivity contribution >= 4 is 17.7 Å². The number of carboxylic acid groups (broad SMARTS) is 1. The number of hydrogen-bond donors (Lipinski definition) is 2. The lowest BCUT2D eigenvalue weighted by Gasteiger charge is -2.27. The largest absolute Gasteiger partial charge is 0.497 e. The number of ether oxygens (including phenoxy) is 1. The van der Waals surface area contributed by atoms with Crippen LogP contribution in [0.4, 0.5) is 8.78 Å². The number of hydrogen-bond acceptors (Lipinski definition) is 4.